The van der Waals surface area contributed by atoms with Gasteiger partial charge in [0.05, 0.1) is 10.6 Å². The van der Waals surface area contributed by atoms with E-state index in [0.717, 1.165) is 16.8 Å². The quantitative estimate of drug-likeness (QED) is 0.603. The normalized spacial score (nSPS) is 10.7. The van der Waals surface area contributed by atoms with Crippen LogP contribution in [0.2, 0.25) is 0 Å². The highest BCUT2D eigenvalue weighted by molar-refractivity contribution is 5.48. The van der Waals surface area contributed by atoms with Crippen molar-refractivity contribution in [1.29, 1.82) is 0 Å². The molecule has 0 atom stereocenters. The lowest BCUT2D eigenvalue weighted by molar-refractivity contribution is -0.386. The van der Waals surface area contributed by atoms with Crippen molar-refractivity contribution in [2.45, 2.75) is 27.7 Å². The molecule has 0 radical (unpaired) electrons. The maximum absolute atomic E-state index is 11.0. The Balaban J connectivity index is 2.65. The summed E-state index contributed by atoms with van der Waals surface area (Å²) in [6, 6.07) is 5.95. The Labute approximate surface area is 105 Å². The first-order chi connectivity index (χ1) is 8.41. The average Bonchev–Trinajstić information content (AvgIpc) is 2.54. The number of rotatable bonds is 2. The van der Waals surface area contributed by atoms with Crippen LogP contribution in [-0.4, -0.2) is 14.7 Å². The lowest BCUT2D eigenvalue weighted by Gasteiger charge is -2.08. The van der Waals surface area contributed by atoms with E-state index in [1.165, 1.54) is 0 Å². The van der Waals surface area contributed by atoms with Crippen LogP contribution >= 0.6 is 0 Å². The molecular weight excluding hydrogens is 230 g/mol. The molecule has 0 saturated carbocycles. The zero-order valence-electron chi connectivity index (χ0n) is 10.9. The molecule has 0 fully saturated rings. The first-order valence-corrected chi connectivity index (χ1v) is 5.70. The first kappa shape index (κ1) is 12.3. The van der Waals surface area contributed by atoms with E-state index in [1.807, 2.05) is 32.0 Å². The van der Waals surface area contributed by atoms with Gasteiger partial charge in [-0.2, -0.15) is 5.10 Å². The van der Waals surface area contributed by atoms with Gasteiger partial charge in [-0.25, -0.2) is 4.68 Å². The van der Waals surface area contributed by atoms with Gasteiger partial charge in [-0.05, 0) is 39.3 Å². The predicted molar refractivity (Wildman–Crippen MR) is 69.2 cm³/mol. The molecule has 0 aliphatic heterocycles. The van der Waals surface area contributed by atoms with Gasteiger partial charge in [0.25, 0.3) is 0 Å². The number of hydrogen-bond acceptors (Lipinski definition) is 3. The second kappa shape index (κ2) is 4.25. The van der Waals surface area contributed by atoms with Crippen molar-refractivity contribution in [2.24, 2.45) is 0 Å². The first-order valence-electron chi connectivity index (χ1n) is 5.70. The number of nitrogens with zero attached hydrogens (tertiary/aromatic N) is 3. The van der Waals surface area contributed by atoms with Gasteiger partial charge < -0.3 is 0 Å². The van der Waals surface area contributed by atoms with E-state index in [-0.39, 0.29) is 10.6 Å². The lowest BCUT2D eigenvalue weighted by Crippen LogP contribution is -2.02. The molecule has 1 heterocycles. The van der Waals surface area contributed by atoms with Crippen LogP contribution < -0.4 is 0 Å². The van der Waals surface area contributed by atoms with Gasteiger partial charge in [-0.1, -0.05) is 17.7 Å². The minimum absolute atomic E-state index is 0.0926. The Bertz CT molecular complexity index is 629. The fourth-order valence-corrected chi connectivity index (χ4v) is 2.18. The fraction of sp³-hybridized carbons (Fsp3) is 0.308. The molecule has 1 aromatic heterocycles. The number of benzene rings is 1. The number of nitro groups is 1. The van der Waals surface area contributed by atoms with Crippen LogP contribution in [0, 0.1) is 37.8 Å². The largest absolute Gasteiger partial charge is 0.313 e. The second-order valence-corrected chi connectivity index (χ2v) is 4.48. The minimum atomic E-state index is -0.377. The highest BCUT2D eigenvalue weighted by atomic mass is 16.6. The summed E-state index contributed by atoms with van der Waals surface area (Å²) in [4.78, 5) is 10.6. The summed E-state index contributed by atoms with van der Waals surface area (Å²) in [7, 11) is 0. The van der Waals surface area contributed by atoms with Crippen LogP contribution in [0.5, 0.6) is 0 Å². The third-order valence-electron chi connectivity index (χ3n) is 3.02. The molecule has 2 rings (SSSR count). The zero-order valence-corrected chi connectivity index (χ0v) is 10.9. The molecule has 0 bridgehead atoms. The summed E-state index contributed by atoms with van der Waals surface area (Å²) in [6.45, 7) is 7.37. The molecule has 5 heteroatoms. The summed E-state index contributed by atoms with van der Waals surface area (Å²) in [5.74, 6) is 0. The highest BCUT2D eigenvalue weighted by Crippen LogP contribution is 2.26. The van der Waals surface area contributed by atoms with Gasteiger partial charge in [0, 0.05) is 0 Å². The summed E-state index contributed by atoms with van der Waals surface area (Å²) >= 11 is 0. The molecule has 0 aliphatic rings. The highest BCUT2D eigenvalue weighted by Gasteiger charge is 2.22. The number of aryl methyl sites for hydroxylation is 3. The Morgan fingerprint density at radius 3 is 2.39 bits per heavy atom. The smallest absolute Gasteiger partial charge is 0.258 e. The zero-order chi connectivity index (χ0) is 13.4. The van der Waals surface area contributed by atoms with Crippen molar-refractivity contribution in [3.8, 4) is 5.69 Å². The third kappa shape index (κ3) is 1.88. The summed E-state index contributed by atoms with van der Waals surface area (Å²) < 4.78 is 1.64. The maximum Gasteiger partial charge on any atom is 0.313 e. The van der Waals surface area contributed by atoms with Gasteiger partial charge in [-0.15, -0.1) is 0 Å². The fourth-order valence-electron chi connectivity index (χ4n) is 2.18. The van der Waals surface area contributed by atoms with Crippen LogP contribution in [0.25, 0.3) is 5.69 Å². The van der Waals surface area contributed by atoms with E-state index in [2.05, 4.69) is 5.10 Å². The molecule has 5 nitrogen and oxygen atoms in total. The van der Waals surface area contributed by atoms with Crippen molar-refractivity contribution in [2.75, 3.05) is 0 Å². The van der Waals surface area contributed by atoms with E-state index in [1.54, 1.807) is 18.5 Å². The molecule has 94 valence electrons. The van der Waals surface area contributed by atoms with Crippen LogP contribution in [0.1, 0.15) is 22.5 Å². The molecule has 18 heavy (non-hydrogen) atoms. The molecular formula is C13H15N3O2. The molecule has 1 aromatic carbocycles. The summed E-state index contributed by atoms with van der Waals surface area (Å²) in [5, 5.41) is 15.2. The second-order valence-electron chi connectivity index (χ2n) is 4.48. The van der Waals surface area contributed by atoms with Gasteiger partial charge in [0.2, 0.25) is 0 Å². The van der Waals surface area contributed by atoms with Crippen LogP contribution in [0.3, 0.4) is 0 Å². The Morgan fingerprint density at radius 2 is 1.89 bits per heavy atom. The van der Waals surface area contributed by atoms with Crippen molar-refractivity contribution < 1.29 is 4.92 Å². The Kier molecular flexibility index (Phi) is 2.90. The molecule has 0 saturated heterocycles. The van der Waals surface area contributed by atoms with Gasteiger partial charge in [0.1, 0.15) is 11.4 Å². The van der Waals surface area contributed by atoms with Crippen LogP contribution in [-0.2, 0) is 0 Å². The predicted octanol–water partition coefficient (Wildman–Crippen LogP) is 3.01. The lowest BCUT2D eigenvalue weighted by atomic mass is 10.1. The van der Waals surface area contributed by atoms with Gasteiger partial charge in [-0.3, -0.25) is 10.1 Å². The number of aromatic nitrogens is 2. The SMILES string of the molecule is Cc1ccc(-n2nc(C)c([N+](=O)[O-])c2C)c(C)c1. The third-order valence-corrected chi connectivity index (χ3v) is 3.02. The van der Waals surface area contributed by atoms with Gasteiger partial charge in [0.15, 0.2) is 0 Å². The molecule has 0 N–H and O–H groups in total. The monoisotopic (exact) mass is 245 g/mol. The van der Waals surface area contributed by atoms with Crippen LogP contribution in [0.4, 0.5) is 5.69 Å². The van der Waals surface area contributed by atoms with E-state index in [4.69, 9.17) is 0 Å². The van der Waals surface area contributed by atoms with Crippen molar-refractivity contribution in [1.82, 2.24) is 9.78 Å². The molecule has 0 unspecified atom stereocenters. The van der Waals surface area contributed by atoms with E-state index in [9.17, 15) is 10.1 Å². The topological polar surface area (TPSA) is 61.0 Å². The molecule has 0 aliphatic carbocycles. The van der Waals surface area contributed by atoms with Crippen molar-refractivity contribution in [3.63, 3.8) is 0 Å². The Hall–Kier alpha value is -2.17. The average molecular weight is 245 g/mol. The molecule has 0 spiro atoms. The minimum Gasteiger partial charge on any atom is -0.258 e. The molecule has 0 amide bonds. The van der Waals surface area contributed by atoms with Crippen LogP contribution in [0.15, 0.2) is 18.2 Å². The summed E-state index contributed by atoms with van der Waals surface area (Å²) in [5.41, 5.74) is 4.19. The van der Waals surface area contributed by atoms with Gasteiger partial charge >= 0.3 is 5.69 Å². The molecule has 2 aromatic rings. The summed E-state index contributed by atoms with van der Waals surface area (Å²) in [6.07, 6.45) is 0. The van der Waals surface area contributed by atoms with Crippen molar-refractivity contribution >= 4 is 5.69 Å². The van der Waals surface area contributed by atoms with E-state index in [0.29, 0.717) is 11.4 Å². The Morgan fingerprint density at radius 1 is 1.22 bits per heavy atom. The maximum atomic E-state index is 11.0. The number of hydrogen-bond donors (Lipinski definition) is 0. The van der Waals surface area contributed by atoms with E-state index >= 15 is 0 Å². The standard InChI is InChI=1S/C13H15N3O2/c1-8-5-6-12(9(2)7-8)15-11(4)13(16(17)18)10(3)14-15/h5-7H,1-4H3. The van der Waals surface area contributed by atoms with Crippen molar-refractivity contribution in [3.05, 3.63) is 50.8 Å². The van der Waals surface area contributed by atoms with E-state index < -0.39 is 0 Å².